The lowest BCUT2D eigenvalue weighted by atomic mass is 9.97. The quantitative estimate of drug-likeness (QED) is 0.473. The van der Waals surface area contributed by atoms with Gasteiger partial charge in [-0.3, -0.25) is 14.4 Å². The lowest BCUT2D eigenvalue weighted by molar-refractivity contribution is -0.117. The molecule has 0 bridgehead atoms. The van der Waals surface area contributed by atoms with E-state index in [1.165, 1.54) is 12.0 Å². The van der Waals surface area contributed by atoms with Gasteiger partial charge in [0.05, 0.1) is 7.11 Å². The number of primary amides is 1. The number of carbonyl (C=O) groups excluding carboxylic acids is 2. The Hall–Kier alpha value is -3.76. The van der Waals surface area contributed by atoms with Gasteiger partial charge in [0.25, 0.3) is 5.56 Å². The molecule has 1 unspecified atom stereocenters. The van der Waals surface area contributed by atoms with Crippen LogP contribution in [0.5, 0.6) is 5.75 Å². The van der Waals surface area contributed by atoms with Gasteiger partial charge in [-0.15, -0.1) is 0 Å². The second-order valence-corrected chi connectivity index (χ2v) is 10.3. The summed E-state index contributed by atoms with van der Waals surface area (Å²) >= 11 is 5.56. The van der Waals surface area contributed by atoms with Crippen molar-refractivity contribution >= 4 is 29.1 Å². The monoisotopic (exact) mass is 572 g/mol. The third kappa shape index (κ3) is 6.34. The molecule has 1 atom stereocenters. The largest absolute Gasteiger partial charge is 0.497 e. The molecular weight excluding hydrogens is 542 g/mol. The molecule has 0 aliphatic carbocycles. The highest BCUT2D eigenvalue weighted by Crippen LogP contribution is 2.36. The summed E-state index contributed by atoms with van der Waals surface area (Å²) in [6, 6.07) is 10.6. The molecule has 2 aromatic carbocycles. The summed E-state index contributed by atoms with van der Waals surface area (Å²) in [4.78, 5) is 37.9. The molecule has 11 heteroatoms. The van der Waals surface area contributed by atoms with Crippen molar-refractivity contribution in [3.63, 3.8) is 0 Å². The van der Waals surface area contributed by atoms with Crippen molar-refractivity contribution in [3.8, 4) is 5.75 Å². The summed E-state index contributed by atoms with van der Waals surface area (Å²) in [5.74, 6) is -2.82. The summed E-state index contributed by atoms with van der Waals surface area (Å²) in [5.41, 5.74) is 6.07. The Morgan fingerprint density at radius 2 is 1.70 bits per heavy atom. The number of aromatic nitrogens is 1. The minimum atomic E-state index is -0.747. The van der Waals surface area contributed by atoms with Crippen LogP contribution in [0.1, 0.15) is 52.7 Å². The number of pyridine rings is 1. The zero-order chi connectivity index (χ0) is 29.0. The zero-order valence-corrected chi connectivity index (χ0v) is 23.0. The van der Waals surface area contributed by atoms with Crippen LogP contribution in [0.2, 0.25) is 5.02 Å². The predicted molar refractivity (Wildman–Crippen MR) is 149 cm³/mol. The Kier molecular flexibility index (Phi) is 9.21. The summed E-state index contributed by atoms with van der Waals surface area (Å²) in [6.45, 7) is 3.51. The molecule has 5 rings (SSSR count). The maximum absolute atomic E-state index is 14.6. The van der Waals surface area contributed by atoms with Crippen LogP contribution < -0.4 is 26.2 Å². The van der Waals surface area contributed by atoms with Crippen LogP contribution in [0, 0.1) is 18.6 Å². The van der Waals surface area contributed by atoms with Crippen LogP contribution >= 0.6 is 11.6 Å². The molecule has 0 spiro atoms. The zero-order valence-electron chi connectivity index (χ0n) is 22.3. The van der Waals surface area contributed by atoms with E-state index in [1.807, 2.05) is 6.07 Å². The van der Waals surface area contributed by atoms with Gasteiger partial charge in [0.1, 0.15) is 23.1 Å². The van der Waals surface area contributed by atoms with Gasteiger partial charge >= 0.3 is 0 Å². The van der Waals surface area contributed by atoms with E-state index in [4.69, 9.17) is 22.1 Å². The Morgan fingerprint density at radius 3 is 2.27 bits per heavy atom. The molecule has 3 heterocycles. The molecule has 0 radical (unpaired) electrons. The molecule has 212 valence electrons. The number of nitrogens with two attached hydrogens (primary N) is 1. The lowest BCUT2D eigenvalue weighted by Gasteiger charge is -2.27. The molecule has 2 saturated heterocycles. The number of anilines is 1. The fourth-order valence-corrected chi connectivity index (χ4v) is 5.26. The lowest BCUT2D eigenvalue weighted by Crippen LogP contribution is -2.38. The van der Waals surface area contributed by atoms with E-state index in [0.717, 1.165) is 38.1 Å². The summed E-state index contributed by atoms with van der Waals surface area (Å²) in [5, 5.41) is 3.88. The number of ether oxygens (including phenoxy) is 1. The second-order valence-electron chi connectivity index (χ2n) is 9.82. The Morgan fingerprint density at radius 1 is 1.07 bits per heavy atom. The third-order valence-electron chi connectivity index (χ3n) is 7.22. The van der Waals surface area contributed by atoms with Crippen molar-refractivity contribution in [3.05, 3.63) is 92.4 Å². The van der Waals surface area contributed by atoms with Crippen LogP contribution in [0.4, 0.5) is 14.5 Å². The van der Waals surface area contributed by atoms with Crippen molar-refractivity contribution in [2.24, 2.45) is 5.73 Å². The van der Waals surface area contributed by atoms with Crippen LogP contribution in [0.3, 0.4) is 0 Å². The minimum Gasteiger partial charge on any atom is -0.497 e. The maximum atomic E-state index is 14.6. The molecule has 0 saturated carbocycles. The average molecular weight is 573 g/mol. The van der Waals surface area contributed by atoms with E-state index in [1.54, 1.807) is 42.0 Å². The van der Waals surface area contributed by atoms with Crippen molar-refractivity contribution < 1.29 is 23.1 Å². The number of nitrogens with one attached hydrogen (secondary N) is 1. The molecule has 8 nitrogen and oxygen atoms in total. The summed E-state index contributed by atoms with van der Waals surface area (Å²) in [6.07, 6.45) is 3.39. The van der Waals surface area contributed by atoms with Gasteiger partial charge in [0.2, 0.25) is 11.8 Å². The Balaban J connectivity index is 0.000000312. The number of piperidine rings is 1. The number of carbonyl (C=O) groups is 2. The standard InChI is InChI=1S/C22H25F2N3O3.C7H6ClNO/c1-13-5-8-26(15-3-6-25-7-4-15)22(29)21(13)27-12-14(9-19(27)28)20-17(23)10-16(30-2)11-18(20)24;8-6-3-1-5(2-4-6)7(9)10/h5,8,10-11,14-15,25H,3-4,6-7,9,12H2,1-2H3;1-4H,(H2,9,10). The fraction of sp³-hybridized carbons (Fsp3) is 0.345. The van der Waals surface area contributed by atoms with Gasteiger partial charge in [0, 0.05) is 59.4 Å². The predicted octanol–water partition coefficient (Wildman–Crippen LogP) is 4.33. The molecule has 40 heavy (non-hydrogen) atoms. The van der Waals surface area contributed by atoms with E-state index in [9.17, 15) is 23.2 Å². The van der Waals surface area contributed by atoms with Gasteiger partial charge in [-0.25, -0.2) is 8.78 Å². The number of halogens is 3. The Bertz CT molecular complexity index is 1430. The van der Waals surface area contributed by atoms with Crippen LogP contribution in [0.15, 0.2) is 53.5 Å². The first-order valence-electron chi connectivity index (χ1n) is 12.9. The first-order valence-corrected chi connectivity index (χ1v) is 13.3. The maximum Gasteiger partial charge on any atom is 0.275 e. The molecule has 1 aromatic heterocycles. The van der Waals surface area contributed by atoms with Gasteiger partial charge in [-0.1, -0.05) is 11.6 Å². The smallest absolute Gasteiger partial charge is 0.275 e. The molecule has 2 aliphatic heterocycles. The number of hydrogen-bond acceptors (Lipinski definition) is 5. The third-order valence-corrected chi connectivity index (χ3v) is 7.47. The molecule has 2 fully saturated rings. The average Bonchev–Trinajstić information content (AvgIpc) is 3.29. The normalized spacial score (nSPS) is 17.4. The van der Waals surface area contributed by atoms with Gasteiger partial charge < -0.3 is 25.3 Å². The van der Waals surface area contributed by atoms with Crippen molar-refractivity contribution in [2.45, 2.75) is 38.1 Å². The number of rotatable bonds is 5. The first-order chi connectivity index (χ1) is 19.1. The number of hydrogen-bond donors (Lipinski definition) is 2. The molecule has 2 amide bonds. The van der Waals surface area contributed by atoms with Crippen LogP contribution in [-0.4, -0.2) is 43.1 Å². The molecule has 2 aliphatic rings. The van der Waals surface area contributed by atoms with Crippen molar-refractivity contribution in [1.82, 2.24) is 9.88 Å². The van der Waals surface area contributed by atoms with Gasteiger partial charge in [0.15, 0.2) is 0 Å². The summed E-state index contributed by atoms with van der Waals surface area (Å²) in [7, 11) is 1.33. The van der Waals surface area contributed by atoms with E-state index in [-0.39, 0.29) is 41.8 Å². The Labute approximate surface area is 235 Å². The van der Waals surface area contributed by atoms with E-state index < -0.39 is 23.5 Å². The number of methoxy groups -OCH3 is 1. The first kappa shape index (κ1) is 29.2. The topological polar surface area (TPSA) is 107 Å². The number of aryl methyl sites for hydroxylation is 1. The molecule has 3 N–H and O–H groups in total. The van der Waals surface area contributed by atoms with E-state index >= 15 is 0 Å². The number of nitrogens with zero attached hydrogens (tertiary/aromatic N) is 2. The number of benzene rings is 2. The fourth-order valence-electron chi connectivity index (χ4n) is 5.13. The van der Waals surface area contributed by atoms with Gasteiger partial charge in [-0.05, 0) is 68.8 Å². The highest BCUT2D eigenvalue weighted by Gasteiger charge is 2.37. The minimum absolute atomic E-state index is 0.0543. The van der Waals surface area contributed by atoms with Crippen LogP contribution in [0.25, 0.3) is 0 Å². The SMILES string of the molecule is COc1cc(F)c(C2CC(=O)N(c3c(C)ccn(C4CCNCC4)c3=O)C2)c(F)c1.NC(=O)c1ccc(Cl)cc1. The molecule has 3 aromatic rings. The van der Waals surface area contributed by atoms with Crippen molar-refractivity contribution in [2.75, 3.05) is 31.6 Å². The van der Waals surface area contributed by atoms with Crippen LogP contribution in [-0.2, 0) is 4.79 Å². The summed E-state index contributed by atoms with van der Waals surface area (Å²) < 4.78 is 35.7. The highest BCUT2D eigenvalue weighted by atomic mass is 35.5. The van der Waals surface area contributed by atoms with E-state index in [0.29, 0.717) is 21.8 Å². The van der Waals surface area contributed by atoms with Gasteiger partial charge in [-0.2, -0.15) is 0 Å². The second kappa shape index (κ2) is 12.6. The highest BCUT2D eigenvalue weighted by molar-refractivity contribution is 6.30. The van der Waals surface area contributed by atoms with E-state index in [2.05, 4.69) is 5.32 Å². The number of amides is 2. The van der Waals surface area contributed by atoms with Crippen molar-refractivity contribution in [1.29, 1.82) is 0 Å². The molecular formula is C29H31ClF2N4O4.